The Hall–Kier alpha value is -1.52. The maximum absolute atomic E-state index is 12.2. The molecule has 0 aromatic heterocycles. The monoisotopic (exact) mass is 418 g/mol. The van der Waals surface area contributed by atoms with Crippen LogP contribution in [-0.2, 0) is 0 Å². The van der Waals surface area contributed by atoms with Crippen molar-refractivity contribution in [3.05, 3.63) is 41.4 Å². The molecule has 1 amide bonds. The third-order valence-corrected chi connectivity index (χ3v) is 6.57. The van der Waals surface area contributed by atoms with Gasteiger partial charge in [-0.05, 0) is 94.1 Å². The molecule has 1 aliphatic heterocycles. The minimum atomic E-state index is -0.304. The van der Waals surface area contributed by atoms with E-state index in [0.717, 1.165) is 25.4 Å². The van der Waals surface area contributed by atoms with Crippen LogP contribution in [-0.4, -0.2) is 49.1 Å². The van der Waals surface area contributed by atoms with Crippen molar-refractivity contribution in [2.75, 3.05) is 33.2 Å². The third kappa shape index (κ3) is 7.67. The van der Waals surface area contributed by atoms with Crippen LogP contribution in [0.3, 0.4) is 0 Å². The number of rotatable bonds is 7. The van der Waals surface area contributed by atoms with Gasteiger partial charge in [-0.3, -0.25) is 4.90 Å². The number of hydrogen-bond donors (Lipinski definition) is 0. The third-order valence-electron chi connectivity index (χ3n) is 6.32. The summed E-state index contributed by atoms with van der Waals surface area (Å²) in [6.07, 6.45) is 14.8. The summed E-state index contributed by atoms with van der Waals surface area (Å²) < 4.78 is 5.40. The van der Waals surface area contributed by atoms with Gasteiger partial charge in [0.25, 0.3) is 0 Å². The summed E-state index contributed by atoms with van der Waals surface area (Å²) >= 11 is 5.86. The van der Waals surface area contributed by atoms with Crippen LogP contribution in [0.25, 0.3) is 0 Å². The van der Waals surface area contributed by atoms with E-state index < -0.39 is 0 Å². The molecule has 160 valence electrons. The highest BCUT2D eigenvalue weighted by molar-refractivity contribution is 6.30. The Morgan fingerprint density at radius 2 is 1.83 bits per heavy atom. The summed E-state index contributed by atoms with van der Waals surface area (Å²) in [6.45, 7) is 4.41. The van der Waals surface area contributed by atoms with Crippen molar-refractivity contribution in [2.45, 2.75) is 51.4 Å². The molecule has 0 unspecified atom stereocenters. The number of carbonyl (C=O) groups is 1. The molecule has 1 aromatic carbocycles. The first kappa shape index (κ1) is 22.2. The van der Waals surface area contributed by atoms with Gasteiger partial charge < -0.3 is 9.64 Å². The van der Waals surface area contributed by atoms with Gasteiger partial charge in [0.1, 0.15) is 5.75 Å². The summed E-state index contributed by atoms with van der Waals surface area (Å²) in [6, 6.07) is 6.88. The van der Waals surface area contributed by atoms with Gasteiger partial charge in [-0.1, -0.05) is 30.2 Å². The minimum Gasteiger partial charge on any atom is -0.410 e. The van der Waals surface area contributed by atoms with E-state index in [9.17, 15) is 4.79 Å². The molecule has 5 heteroatoms. The Kier molecular flexibility index (Phi) is 8.88. The molecule has 0 bridgehead atoms. The van der Waals surface area contributed by atoms with E-state index in [1.165, 1.54) is 58.0 Å². The molecule has 3 rings (SSSR count). The van der Waals surface area contributed by atoms with Crippen molar-refractivity contribution >= 4 is 17.7 Å². The number of nitrogens with zero attached hydrogens (tertiary/aromatic N) is 2. The van der Waals surface area contributed by atoms with E-state index in [4.69, 9.17) is 16.3 Å². The Labute approximate surface area is 180 Å². The van der Waals surface area contributed by atoms with Crippen LogP contribution in [0.5, 0.6) is 5.75 Å². The summed E-state index contributed by atoms with van der Waals surface area (Å²) in [5.74, 6) is 1.99. The number of allylic oxidation sites excluding steroid dienone is 1. The van der Waals surface area contributed by atoms with E-state index in [-0.39, 0.29) is 6.09 Å². The lowest BCUT2D eigenvalue weighted by Gasteiger charge is -2.28. The molecule has 0 radical (unpaired) electrons. The smallest absolute Gasteiger partial charge is 0.410 e. The Bertz CT molecular complexity index is 647. The number of ether oxygens (including phenoxy) is 1. The Morgan fingerprint density at radius 1 is 1.14 bits per heavy atom. The van der Waals surface area contributed by atoms with E-state index in [1.807, 2.05) is 7.05 Å². The van der Waals surface area contributed by atoms with Crippen molar-refractivity contribution in [3.63, 3.8) is 0 Å². The van der Waals surface area contributed by atoms with Gasteiger partial charge >= 0.3 is 6.09 Å². The minimum absolute atomic E-state index is 0.304. The van der Waals surface area contributed by atoms with E-state index >= 15 is 0 Å². The zero-order chi connectivity index (χ0) is 20.5. The second-order valence-corrected chi connectivity index (χ2v) is 9.04. The fourth-order valence-electron chi connectivity index (χ4n) is 4.36. The first-order valence-electron chi connectivity index (χ1n) is 11.2. The molecule has 0 N–H and O–H groups in total. The summed E-state index contributed by atoms with van der Waals surface area (Å²) in [7, 11) is 1.81. The quantitative estimate of drug-likeness (QED) is 0.508. The SMILES string of the molecule is CN(CCC1CCC(/C=C/CN2CCCCC2)CC1)C(=O)Oc1ccc(Cl)cc1. The number of hydrogen-bond acceptors (Lipinski definition) is 3. The van der Waals surface area contributed by atoms with Crippen molar-refractivity contribution in [3.8, 4) is 5.75 Å². The standard InChI is InChI=1S/C24H35ClN2O2/c1-26(24(28)29-23-13-11-22(25)12-14-23)19-15-21-9-7-20(8-10-21)6-5-18-27-16-3-2-4-17-27/h5-6,11-14,20-21H,2-4,7-10,15-19H2,1H3/b6-5+. The summed E-state index contributed by atoms with van der Waals surface area (Å²) in [4.78, 5) is 16.5. The highest BCUT2D eigenvalue weighted by Gasteiger charge is 2.21. The van der Waals surface area contributed by atoms with Crippen LogP contribution < -0.4 is 4.74 Å². The lowest BCUT2D eigenvalue weighted by molar-refractivity contribution is 0.157. The molecular formula is C24H35ClN2O2. The molecule has 2 aliphatic rings. The lowest BCUT2D eigenvalue weighted by Crippen LogP contribution is -2.32. The molecular weight excluding hydrogens is 384 g/mol. The zero-order valence-electron chi connectivity index (χ0n) is 17.7. The van der Waals surface area contributed by atoms with Crippen molar-refractivity contribution in [1.29, 1.82) is 0 Å². The van der Waals surface area contributed by atoms with E-state index in [0.29, 0.717) is 16.7 Å². The average Bonchev–Trinajstić information content (AvgIpc) is 2.75. The first-order chi connectivity index (χ1) is 14.1. The molecule has 2 fully saturated rings. The molecule has 1 heterocycles. The fourth-order valence-corrected chi connectivity index (χ4v) is 4.49. The van der Waals surface area contributed by atoms with Gasteiger partial charge in [0.05, 0.1) is 0 Å². The largest absolute Gasteiger partial charge is 0.414 e. The number of halogens is 1. The van der Waals surface area contributed by atoms with Crippen molar-refractivity contribution in [2.24, 2.45) is 11.8 Å². The van der Waals surface area contributed by atoms with Gasteiger partial charge in [-0.2, -0.15) is 0 Å². The summed E-state index contributed by atoms with van der Waals surface area (Å²) in [5.41, 5.74) is 0. The summed E-state index contributed by atoms with van der Waals surface area (Å²) in [5, 5.41) is 0.634. The molecule has 1 saturated heterocycles. The molecule has 1 aromatic rings. The molecule has 0 spiro atoms. The fraction of sp³-hybridized carbons (Fsp3) is 0.625. The van der Waals surface area contributed by atoms with Gasteiger partial charge in [0.15, 0.2) is 0 Å². The topological polar surface area (TPSA) is 32.8 Å². The number of benzene rings is 1. The van der Waals surface area contributed by atoms with Gasteiger partial charge in [-0.25, -0.2) is 4.79 Å². The second kappa shape index (κ2) is 11.6. The highest BCUT2D eigenvalue weighted by atomic mass is 35.5. The number of piperidine rings is 1. The van der Waals surface area contributed by atoms with Crippen LogP contribution in [0.15, 0.2) is 36.4 Å². The maximum Gasteiger partial charge on any atom is 0.414 e. The first-order valence-corrected chi connectivity index (χ1v) is 11.6. The number of carbonyl (C=O) groups excluding carboxylic acids is 1. The molecule has 29 heavy (non-hydrogen) atoms. The molecule has 0 atom stereocenters. The second-order valence-electron chi connectivity index (χ2n) is 8.60. The Balaban J connectivity index is 1.30. The maximum atomic E-state index is 12.2. The van der Waals surface area contributed by atoms with Crippen LogP contribution in [0.2, 0.25) is 5.02 Å². The van der Waals surface area contributed by atoms with Crippen molar-refractivity contribution in [1.82, 2.24) is 9.80 Å². The van der Waals surface area contributed by atoms with E-state index in [2.05, 4.69) is 17.1 Å². The van der Waals surface area contributed by atoms with Crippen LogP contribution in [0.1, 0.15) is 51.4 Å². The molecule has 1 aliphatic carbocycles. The van der Waals surface area contributed by atoms with Crippen LogP contribution in [0.4, 0.5) is 4.79 Å². The Morgan fingerprint density at radius 3 is 2.52 bits per heavy atom. The molecule has 1 saturated carbocycles. The normalized spacial score (nSPS) is 23.2. The highest BCUT2D eigenvalue weighted by Crippen LogP contribution is 2.31. The number of amides is 1. The lowest BCUT2D eigenvalue weighted by atomic mass is 9.80. The van der Waals surface area contributed by atoms with Gasteiger partial charge in [0, 0.05) is 25.2 Å². The van der Waals surface area contributed by atoms with Crippen molar-refractivity contribution < 1.29 is 9.53 Å². The number of likely N-dealkylation sites (tertiary alicyclic amines) is 1. The molecule has 4 nitrogen and oxygen atoms in total. The van der Waals surface area contributed by atoms with E-state index in [1.54, 1.807) is 29.2 Å². The van der Waals surface area contributed by atoms with Crippen LogP contribution >= 0.6 is 11.6 Å². The van der Waals surface area contributed by atoms with Crippen LogP contribution in [0, 0.1) is 11.8 Å². The van der Waals surface area contributed by atoms with Gasteiger partial charge in [-0.15, -0.1) is 0 Å². The average molecular weight is 419 g/mol. The predicted molar refractivity (Wildman–Crippen MR) is 120 cm³/mol. The predicted octanol–water partition coefficient (Wildman–Crippen LogP) is 6.01. The zero-order valence-corrected chi connectivity index (χ0v) is 18.4. The van der Waals surface area contributed by atoms with Gasteiger partial charge in [0.2, 0.25) is 0 Å².